The molecule has 0 aromatic carbocycles. The molecule has 1 fully saturated rings. The van der Waals surface area contributed by atoms with Crippen LogP contribution in [-0.2, 0) is 0 Å². The summed E-state index contributed by atoms with van der Waals surface area (Å²) in [7, 11) is 0. The van der Waals surface area contributed by atoms with Gasteiger partial charge in [-0.15, -0.1) is 10.2 Å². The number of hydrogen-bond acceptors (Lipinski definition) is 4. The lowest BCUT2D eigenvalue weighted by Crippen LogP contribution is -2.22. The third-order valence-corrected chi connectivity index (χ3v) is 3.54. The largest absolute Gasteiger partial charge is 0.342 e. The van der Waals surface area contributed by atoms with E-state index in [1.807, 2.05) is 4.40 Å². The summed E-state index contributed by atoms with van der Waals surface area (Å²) in [5, 5.41) is 8.00. The first-order valence-electron chi connectivity index (χ1n) is 5.35. The van der Waals surface area contributed by atoms with Crippen molar-refractivity contribution in [1.29, 1.82) is 0 Å². The summed E-state index contributed by atoms with van der Waals surface area (Å²) >= 11 is 3.43. The topological polar surface area (TPSA) is 46.3 Å². The highest BCUT2D eigenvalue weighted by atomic mass is 79.9. The van der Waals surface area contributed by atoms with Crippen molar-refractivity contribution < 1.29 is 0 Å². The van der Waals surface area contributed by atoms with E-state index in [1.165, 1.54) is 6.42 Å². The van der Waals surface area contributed by atoms with E-state index in [9.17, 15) is 0 Å². The average Bonchev–Trinajstić information content (AvgIpc) is 2.87. The second-order valence-electron chi connectivity index (χ2n) is 4.27. The second-order valence-corrected chi connectivity index (χ2v) is 5.12. The highest BCUT2D eigenvalue weighted by molar-refractivity contribution is 9.10. The molecule has 3 heterocycles. The van der Waals surface area contributed by atoms with E-state index in [1.54, 1.807) is 12.5 Å². The Kier molecular flexibility index (Phi) is 2.31. The quantitative estimate of drug-likeness (QED) is 0.799. The van der Waals surface area contributed by atoms with Crippen LogP contribution in [0, 0.1) is 5.92 Å². The van der Waals surface area contributed by atoms with E-state index in [4.69, 9.17) is 0 Å². The molecule has 0 amide bonds. The van der Waals surface area contributed by atoms with Crippen LogP contribution in [0.3, 0.4) is 0 Å². The average molecular weight is 282 g/mol. The van der Waals surface area contributed by atoms with Crippen molar-refractivity contribution in [2.75, 3.05) is 18.0 Å². The van der Waals surface area contributed by atoms with Crippen LogP contribution >= 0.6 is 15.9 Å². The number of rotatable bonds is 1. The zero-order valence-corrected chi connectivity index (χ0v) is 10.6. The van der Waals surface area contributed by atoms with Crippen molar-refractivity contribution in [2.24, 2.45) is 5.92 Å². The molecule has 1 aliphatic rings. The third-order valence-electron chi connectivity index (χ3n) is 2.98. The highest BCUT2D eigenvalue weighted by Crippen LogP contribution is 2.24. The molecular formula is C10H12BrN5. The van der Waals surface area contributed by atoms with Crippen molar-refractivity contribution in [3.05, 3.63) is 17.0 Å². The Morgan fingerprint density at radius 3 is 3.12 bits per heavy atom. The second kappa shape index (κ2) is 3.69. The van der Waals surface area contributed by atoms with Gasteiger partial charge in [-0.2, -0.15) is 0 Å². The zero-order valence-electron chi connectivity index (χ0n) is 8.97. The molecule has 2 aromatic rings. The van der Waals surface area contributed by atoms with Gasteiger partial charge in [-0.05, 0) is 28.3 Å². The maximum atomic E-state index is 4.46. The Morgan fingerprint density at radius 2 is 2.38 bits per heavy atom. The Hall–Kier alpha value is -1.17. The molecule has 1 saturated heterocycles. The standard InChI is InChI=1S/C10H12BrN5/c1-7-2-3-15(5-7)10-12-4-8(11)9-14-13-6-16(9)10/h4,6-7H,2-3,5H2,1H3. The van der Waals surface area contributed by atoms with E-state index in [0.717, 1.165) is 35.1 Å². The number of nitrogens with zero attached hydrogens (tertiary/aromatic N) is 5. The number of halogens is 1. The maximum Gasteiger partial charge on any atom is 0.212 e. The van der Waals surface area contributed by atoms with E-state index < -0.39 is 0 Å². The molecule has 1 aliphatic heterocycles. The first-order valence-corrected chi connectivity index (χ1v) is 6.14. The van der Waals surface area contributed by atoms with E-state index in [-0.39, 0.29) is 0 Å². The van der Waals surface area contributed by atoms with Gasteiger partial charge in [-0.1, -0.05) is 6.92 Å². The Balaban J connectivity index is 2.10. The monoisotopic (exact) mass is 281 g/mol. The first kappa shape index (κ1) is 10.0. The van der Waals surface area contributed by atoms with Crippen LogP contribution in [0.4, 0.5) is 5.95 Å². The van der Waals surface area contributed by atoms with Gasteiger partial charge in [0.1, 0.15) is 6.33 Å². The predicted molar refractivity (Wildman–Crippen MR) is 64.5 cm³/mol. The molecule has 3 rings (SSSR count). The highest BCUT2D eigenvalue weighted by Gasteiger charge is 2.22. The summed E-state index contributed by atoms with van der Waals surface area (Å²) in [6.07, 6.45) is 4.73. The van der Waals surface area contributed by atoms with Gasteiger partial charge in [0.15, 0.2) is 5.65 Å². The molecule has 0 spiro atoms. The van der Waals surface area contributed by atoms with Gasteiger partial charge in [0.05, 0.1) is 4.47 Å². The zero-order chi connectivity index (χ0) is 11.1. The van der Waals surface area contributed by atoms with Crippen LogP contribution in [-0.4, -0.2) is 32.7 Å². The lowest BCUT2D eigenvalue weighted by Gasteiger charge is -2.17. The first-order chi connectivity index (χ1) is 7.75. The summed E-state index contributed by atoms with van der Waals surface area (Å²) in [6.45, 7) is 4.38. The van der Waals surface area contributed by atoms with Gasteiger partial charge in [-0.25, -0.2) is 9.38 Å². The molecular weight excluding hydrogens is 270 g/mol. The Bertz CT molecular complexity index is 523. The molecule has 5 nitrogen and oxygen atoms in total. The van der Waals surface area contributed by atoms with E-state index >= 15 is 0 Å². The molecule has 1 atom stereocenters. The van der Waals surface area contributed by atoms with Crippen molar-refractivity contribution in [2.45, 2.75) is 13.3 Å². The van der Waals surface area contributed by atoms with Crippen LogP contribution < -0.4 is 4.90 Å². The summed E-state index contributed by atoms with van der Waals surface area (Å²) in [5.74, 6) is 1.67. The molecule has 6 heteroatoms. The lowest BCUT2D eigenvalue weighted by atomic mass is 10.2. The van der Waals surface area contributed by atoms with Crippen LogP contribution in [0.2, 0.25) is 0 Å². The molecule has 0 bridgehead atoms. The van der Waals surface area contributed by atoms with Crippen LogP contribution in [0.1, 0.15) is 13.3 Å². The SMILES string of the molecule is CC1CCN(c2ncc(Br)c3nncn23)C1. The fourth-order valence-electron chi connectivity index (χ4n) is 2.13. The van der Waals surface area contributed by atoms with Crippen molar-refractivity contribution in [3.63, 3.8) is 0 Å². The van der Waals surface area contributed by atoms with Crippen molar-refractivity contribution in [3.8, 4) is 0 Å². The molecule has 16 heavy (non-hydrogen) atoms. The molecule has 0 aliphatic carbocycles. The van der Waals surface area contributed by atoms with Gasteiger partial charge in [0.2, 0.25) is 5.95 Å². The number of anilines is 1. The van der Waals surface area contributed by atoms with Crippen LogP contribution in [0.5, 0.6) is 0 Å². The van der Waals surface area contributed by atoms with Gasteiger partial charge in [-0.3, -0.25) is 0 Å². The lowest BCUT2D eigenvalue weighted by molar-refractivity contribution is 0.657. The van der Waals surface area contributed by atoms with Crippen molar-refractivity contribution in [1.82, 2.24) is 19.6 Å². The van der Waals surface area contributed by atoms with Gasteiger partial charge in [0, 0.05) is 19.3 Å². The molecule has 0 radical (unpaired) electrons. The molecule has 2 aromatic heterocycles. The molecule has 1 unspecified atom stereocenters. The van der Waals surface area contributed by atoms with Gasteiger partial charge < -0.3 is 4.90 Å². The summed E-state index contributed by atoms with van der Waals surface area (Å²) in [5.41, 5.74) is 0.824. The summed E-state index contributed by atoms with van der Waals surface area (Å²) in [4.78, 5) is 6.74. The van der Waals surface area contributed by atoms with Gasteiger partial charge in [0.25, 0.3) is 0 Å². The minimum absolute atomic E-state index is 0.733. The van der Waals surface area contributed by atoms with Crippen molar-refractivity contribution >= 4 is 27.5 Å². The molecule has 0 saturated carbocycles. The van der Waals surface area contributed by atoms with Crippen LogP contribution in [0.15, 0.2) is 17.0 Å². The fourth-order valence-corrected chi connectivity index (χ4v) is 2.50. The minimum atomic E-state index is 0.733. The molecule has 0 N–H and O–H groups in total. The van der Waals surface area contributed by atoms with E-state index in [2.05, 4.69) is 42.9 Å². The maximum absolute atomic E-state index is 4.46. The summed E-state index contributed by atoms with van der Waals surface area (Å²) in [6, 6.07) is 0. The van der Waals surface area contributed by atoms with Gasteiger partial charge >= 0.3 is 0 Å². The summed E-state index contributed by atoms with van der Waals surface area (Å²) < 4.78 is 2.81. The molecule has 84 valence electrons. The smallest absolute Gasteiger partial charge is 0.212 e. The Morgan fingerprint density at radius 1 is 1.50 bits per heavy atom. The normalized spacial score (nSPS) is 20.9. The number of hydrogen-bond donors (Lipinski definition) is 0. The fraction of sp³-hybridized carbons (Fsp3) is 0.500. The van der Waals surface area contributed by atoms with E-state index in [0.29, 0.717) is 0 Å². The minimum Gasteiger partial charge on any atom is -0.342 e. The number of aromatic nitrogens is 4. The third kappa shape index (κ3) is 1.48. The van der Waals surface area contributed by atoms with Crippen LogP contribution in [0.25, 0.3) is 5.65 Å². The predicted octanol–water partition coefficient (Wildman–Crippen LogP) is 1.73. The Labute approximate surface area is 102 Å². The number of fused-ring (bicyclic) bond motifs is 1.